The molecular weight excluding hydrogens is 291 g/mol. The quantitative estimate of drug-likeness (QED) is 0.910. The van der Waals surface area contributed by atoms with Gasteiger partial charge in [0.15, 0.2) is 0 Å². The topological polar surface area (TPSA) is 32.3 Å². The van der Waals surface area contributed by atoms with Gasteiger partial charge in [0.05, 0.1) is 6.04 Å². The van der Waals surface area contributed by atoms with Crippen molar-refractivity contribution in [3.05, 3.63) is 35.6 Å². The lowest BCUT2D eigenvalue weighted by atomic mass is 9.99. The average molecular weight is 313 g/mol. The number of piperazine rings is 1. The number of benzene rings is 1. The highest BCUT2D eigenvalue weighted by atomic mass is 35.5. The molecule has 1 saturated heterocycles. The SMILES string of the molecule is Cl.O=C(C1CCCC1)N1CCNCC1c1cccc(F)c1. The van der Waals surface area contributed by atoms with E-state index in [4.69, 9.17) is 0 Å². The van der Waals surface area contributed by atoms with E-state index in [1.807, 2.05) is 11.0 Å². The Hall–Kier alpha value is -1.13. The summed E-state index contributed by atoms with van der Waals surface area (Å²) in [6.07, 6.45) is 4.34. The van der Waals surface area contributed by atoms with Gasteiger partial charge in [-0.1, -0.05) is 25.0 Å². The van der Waals surface area contributed by atoms with E-state index >= 15 is 0 Å². The Morgan fingerprint density at radius 1 is 1.29 bits per heavy atom. The Kier molecular flexibility index (Phi) is 5.59. The van der Waals surface area contributed by atoms with E-state index in [2.05, 4.69) is 5.32 Å². The largest absolute Gasteiger partial charge is 0.333 e. The molecule has 1 heterocycles. The number of rotatable bonds is 2. The number of nitrogens with one attached hydrogen (secondary N) is 1. The zero-order chi connectivity index (χ0) is 13.9. The highest BCUT2D eigenvalue weighted by Gasteiger charge is 2.33. The third kappa shape index (κ3) is 3.55. The van der Waals surface area contributed by atoms with Gasteiger partial charge in [0, 0.05) is 25.6 Å². The normalized spacial score (nSPS) is 22.9. The molecule has 3 nitrogen and oxygen atoms in total. The molecule has 0 spiro atoms. The summed E-state index contributed by atoms with van der Waals surface area (Å²) in [5.74, 6) is 0.212. The Balaban J connectivity index is 0.00000161. The summed E-state index contributed by atoms with van der Waals surface area (Å²) in [5.41, 5.74) is 0.892. The molecule has 0 bridgehead atoms. The molecule has 21 heavy (non-hydrogen) atoms. The highest BCUT2D eigenvalue weighted by Crippen LogP contribution is 2.31. The van der Waals surface area contributed by atoms with E-state index in [0.717, 1.165) is 44.3 Å². The number of carbonyl (C=O) groups is 1. The van der Waals surface area contributed by atoms with Gasteiger partial charge < -0.3 is 10.2 Å². The molecule has 116 valence electrons. The first-order valence-electron chi connectivity index (χ1n) is 7.52. The minimum atomic E-state index is -0.235. The number of hydrogen-bond acceptors (Lipinski definition) is 2. The molecule has 0 radical (unpaired) electrons. The summed E-state index contributed by atoms with van der Waals surface area (Å²) >= 11 is 0. The summed E-state index contributed by atoms with van der Waals surface area (Å²) in [4.78, 5) is 14.6. The van der Waals surface area contributed by atoms with Crippen molar-refractivity contribution in [2.24, 2.45) is 5.92 Å². The molecule has 1 aliphatic heterocycles. The highest BCUT2D eigenvalue weighted by molar-refractivity contribution is 5.85. The average Bonchev–Trinajstić information content (AvgIpc) is 3.01. The number of amides is 1. The van der Waals surface area contributed by atoms with Crippen molar-refractivity contribution < 1.29 is 9.18 Å². The van der Waals surface area contributed by atoms with Crippen molar-refractivity contribution in [2.45, 2.75) is 31.7 Å². The second kappa shape index (κ2) is 7.23. The van der Waals surface area contributed by atoms with Crippen LogP contribution in [0.2, 0.25) is 0 Å². The lowest BCUT2D eigenvalue weighted by molar-refractivity contribution is -0.138. The van der Waals surface area contributed by atoms with E-state index in [-0.39, 0.29) is 36.1 Å². The maximum absolute atomic E-state index is 13.4. The van der Waals surface area contributed by atoms with Crippen molar-refractivity contribution in [1.29, 1.82) is 0 Å². The van der Waals surface area contributed by atoms with E-state index in [1.165, 1.54) is 6.07 Å². The van der Waals surface area contributed by atoms with Crippen LogP contribution in [0.3, 0.4) is 0 Å². The molecule has 1 unspecified atom stereocenters. The van der Waals surface area contributed by atoms with Crippen molar-refractivity contribution in [3.8, 4) is 0 Å². The van der Waals surface area contributed by atoms with E-state index in [0.29, 0.717) is 6.54 Å². The first-order chi connectivity index (χ1) is 9.75. The summed E-state index contributed by atoms with van der Waals surface area (Å²) < 4.78 is 13.4. The lowest BCUT2D eigenvalue weighted by Crippen LogP contribution is -2.50. The second-order valence-corrected chi connectivity index (χ2v) is 5.79. The smallest absolute Gasteiger partial charge is 0.226 e. The first-order valence-corrected chi connectivity index (χ1v) is 7.52. The molecule has 1 aliphatic carbocycles. The van der Waals surface area contributed by atoms with Gasteiger partial charge in [-0.25, -0.2) is 4.39 Å². The molecule has 1 aromatic rings. The zero-order valence-electron chi connectivity index (χ0n) is 12.1. The van der Waals surface area contributed by atoms with Crippen LogP contribution in [0.5, 0.6) is 0 Å². The second-order valence-electron chi connectivity index (χ2n) is 5.79. The minimum absolute atomic E-state index is 0. The van der Waals surface area contributed by atoms with Gasteiger partial charge in [-0.3, -0.25) is 4.79 Å². The molecule has 1 amide bonds. The molecule has 1 saturated carbocycles. The van der Waals surface area contributed by atoms with E-state index < -0.39 is 0 Å². The van der Waals surface area contributed by atoms with Crippen LogP contribution >= 0.6 is 12.4 Å². The fourth-order valence-corrected chi connectivity index (χ4v) is 3.39. The van der Waals surface area contributed by atoms with Crippen molar-refractivity contribution in [3.63, 3.8) is 0 Å². The van der Waals surface area contributed by atoms with Crippen molar-refractivity contribution >= 4 is 18.3 Å². The van der Waals surface area contributed by atoms with Crippen LogP contribution in [0.1, 0.15) is 37.3 Å². The van der Waals surface area contributed by atoms with Gasteiger partial charge in [-0.15, -0.1) is 12.4 Å². The first kappa shape index (κ1) is 16.2. The maximum atomic E-state index is 13.4. The number of carbonyl (C=O) groups excluding carboxylic acids is 1. The molecule has 1 aromatic carbocycles. The molecule has 0 aromatic heterocycles. The maximum Gasteiger partial charge on any atom is 0.226 e. The van der Waals surface area contributed by atoms with Crippen LogP contribution in [-0.2, 0) is 4.79 Å². The fraction of sp³-hybridized carbons (Fsp3) is 0.562. The van der Waals surface area contributed by atoms with Gasteiger partial charge in [0.25, 0.3) is 0 Å². The predicted molar refractivity (Wildman–Crippen MR) is 82.9 cm³/mol. The Morgan fingerprint density at radius 3 is 2.76 bits per heavy atom. The molecule has 1 N–H and O–H groups in total. The monoisotopic (exact) mass is 312 g/mol. The number of hydrogen-bond donors (Lipinski definition) is 1. The molecular formula is C16H22ClFN2O. The minimum Gasteiger partial charge on any atom is -0.333 e. The Labute approximate surface area is 131 Å². The third-order valence-corrected chi connectivity index (χ3v) is 4.46. The summed E-state index contributed by atoms with van der Waals surface area (Å²) in [6, 6.07) is 6.59. The van der Waals surface area contributed by atoms with Crippen LogP contribution in [0.25, 0.3) is 0 Å². The van der Waals surface area contributed by atoms with Crippen LogP contribution in [0.15, 0.2) is 24.3 Å². The van der Waals surface area contributed by atoms with Gasteiger partial charge >= 0.3 is 0 Å². The fourth-order valence-electron chi connectivity index (χ4n) is 3.39. The van der Waals surface area contributed by atoms with Crippen molar-refractivity contribution in [2.75, 3.05) is 19.6 Å². The van der Waals surface area contributed by atoms with Gasteiger partial charge in [-0.2, -0.15) is 0 Å². The van der Waals surface area contributed by atoms with Gasteiger partial charge in [0.2, 0.25) is 5.91 Å². The van der Waals surface area contributed by atoms with Crippen LogP contribution in [0, 0.1) is 11.7 Å². The summed E-state index contributed by atoms with van der Waals surface area (Å²) in [5, 5.41) is 3.31. The molecule has 2 aliphatic rings. The summed E-state index contributed by atoms with van der Waals surface area (Å²) in [7, 11) is 0. The van der Waals surface area contributed by atoms with Gasteiger partial charge in [0.1, 0.15) is 5.82 Å². The predicted octanol–water partition coefficient (Wildman–Crippen LogP) is 2.91. The summed E-state index contributed by atoms with van der Waals surface area (Å²) in [6.45, 7) is 2.25. The lowest BCUT2D eigenvalue weighted by Gasteiger charge is -2.38. The van der Waals surface area contributed by atoms with Crippen LogP contribution in [-0.4, -0.2) is 30.4 Å². The van der Waals surface area contributed by atoms with E-state index in [1.54, 1.807) is 12.1 Å². The van der Waals surface area contributed by atoms with Crippen molar-refractivity contribution in [1.82, 2.24) is 10.2 Å². The van der Waals surface area contributed by atoms with Gasteiger partial charge in [-0.05, 0) is 30.5 Å². The number of nitrogens with zero attached hydrogens (tertiary/aromatic N) is 1. The molecule has 1 atom stereocenters. The number of halogens is 2. The molecule has 2 fully saturated rings. The zero-order valence-corrected chi connectivity index (χ0v) is 12.9. The molecule has 3 rings (SSSR count). The Morgan fingerprint density at radius 2 is 2.05 bits per heavy atom. The van der Waals surface area contributed by atoms with Crippen LogP contribution in [0.4, 0.5) is 4.39 Å². The van der Waals surface area contributed by atoms with Crippen LogP contribution < -0.4 is 5.32 Å². The third-order valence-electron chi connectivity index (χ3n) is 4.46. The standard InChI is InChI=1S/C16H21FN2O.ClH/c17-14-7-3-6-13(10-14)15-11-18-8-9-19(15)16(20)12-4-1-2-5-12;/h3,6-7,10,12,15,18H,1-2,4-5,8-9,11H2;1H. The molecule has 5 heteroatoms. The van der Waals surface area contributed by atoms with E-state index in [9.17, 15) is 9.18 Å². The Bertz CT molecular complexity index is 491.